The number of amides is 1. The van der Waals surface area contributed by atoms with Crippen molar-refractivity contribution in [3.05, 3.63) is 82.2 Å². The number of benzene rings is 2. The van der Waals surface area contributed by atoms with Crippen molar-refractivity contribution in [1.82, 2.24) is 14.5 Å². The van der Waals surface area contributed by atoms with Crippen molar-refractivity contribution >= 4 is 33.1 Å². The first-order valence-electron chi connectivity index (χ1n) is 10.7. The molecule has 5 rings (SSSR count). The van der Waals surface area contributed by atoms with Crippen molar-refractivity contribution in [2.24, 2.45) is 0 Å². The zero-order valence-corrected chi connectivity index (χ0v) is 18.7. The Morgan fingerprint density at radius 3 is 2.44 bits per heavy atom. The molecule has 162 valence electrons. The second-order valence-corrected chi connectivity index (χ2v) is 8.93. The van der Waals surface area contributed by atoms with Gasteiger partial charge in [-0.25, -0.2) is 4.98 Å². The number of hydrogen-bond acceptors (Lipinski definition) is 5. The summed E-state index contributed by atoms with van der Waals surface area (Å²) in [6.45, 7) is 4.90. The number of anilines is 1. The maximum absolute atomic E-state index is 13.3. The molecule has 3 heterocycles. The quantitative estimate of drug-likeness (QED) is 0.481. The average molecular weight is 445 g/mol. The lowest BCUT2D eigenvalue weighted by atomic mass is 10.1. The van der Waals surface area contributed by atoms with Crippen molar-refractivity contribution < 1.29 is 4.79 Å². The number of hydrogen-bond donors (Lipinski definition) is 0. The van der Waals surface area contributed by atoms with E-state index in [2.05, 4.69) is 22.0 Å². The Kier molecular flexibility index (Phi) is 5.49. The highest BCUT2D eigenvalue weighted by atomic mass is 32.1. The summed E-state index contributed by atoms with van der Waals surface area (Å²) in [7, 11) is 0. The molecule has 6 nitrogen and oxygen atoms in total. The molecule has 0 saturated carbocycles. The van der Waals surface area contributed by atoms with Crippen LogP contribution in [0.3, 0.4) is 0 Å². The summed E-state index contributed by atoms with van der Waals surface area (Å²) in [4.78, 5) is 35.5. The fraction of sp³-hybridized carbons (Fsp3) is 0.240. The van der Waals surface area contributed by atoms with E-state index in [1.807, 2.05) is 59.7 Å². The van der Waals surface area contributed by atoms with Gasteiger partial charge in [-0.05, 0) is 24.6 Å². The highest BCUT2D eigenvalue weighted by Crippen LogP contribution is 2.30. The van der Waals surface area contributed by atoms with Gasteiger partial charge < -0.3 is 9.80 Å². The zero-order chi connectivity index (χ0) is 22.1. The third-order valence-electron chi connectivity index (χ3n) is 5.98. The molecule has 0 atom stereocenters. The van der Waals surface area contributed by atoms with Crippen LogP contribution < -0.4 is 10.5 Å². The lowest BCUT2D eigenvalue weighted by Gasteiger charge is -2.36. The Morgan fingerprint density at radius 1 is 1.00 bits per heavy atom. The third-order valence-corrected chi connectivity index (χ3v) is 6.87. The first-order valence-corrected chi connectivity index (χ1v) is 11.6. The molecule has 1 fully saturated rings. The fourth-order valence-electron chi connectivity index (χ4n) is 4.12. The molecule has 4 aromatic rings. The summed E-state index contributed by atoms with van der Waals surface area (Å²) in [6, 6.07) is 18.3. The Bertz CT molecular complexity index is 1300. The topological polar surface area (TPSA) is 58.4 Å². The molecular weight excluding hydrogens is 420 g/mol. The van der Waals surface area contributed by atoms with Gasteiger partial charge in [0.2, 0.25) is 5.91 Å². The smallest absolute Gasteiger partial charge is 0.263 e. The average Bonchev–Trinajstić information content (AvgIpc) is 3.27. The van der Waals surface area contributed by atoms with Gasteiger partial charge in [-0.1, -0.05) is 48.0 Å². The molecule has 0 bridgehead atoms. The van der Waals surface area contributed by atoms with Crippen LogP contribution in [0.4, 0.5) is 5.69 Å². The number of aryl methyl sites for hydroxylation is 1. The number of piperazine rings is 1. The molecule has 7 heteroatoms. The second kappa shape index (κ2) is 8.59. The van der Waals surface area contributed by atoms with Crippen LogP contribution in [-0.2, 0) is 11.3 Å². The minimum absolute atomic E-state index is 0.0102. The highest BCUT2D eigenvalue weighted by Gasteiger charge is 2.22. The maximum atomic E-state index is 13.3. The van der Waals surface area contributed by atoms with Crippen LogP contribution >= 0.6 is 11.3 Å². The third kappa shape index (κ3) is 3.91. The van der Waals surface area contributed by atoms with Gasteiger partial charge in [0.25, 0.3) is 5.56 Å². The summed E-state index contributed by atoms with van der Waals surface area (Å²) in [5, 5.41) is 2.56. The van der Waals surface area contributed by atoms with Crippen molar-refractivity contribution in [1.29, 1.82) is 0 Å². The molecule has 0 aliphatic carbocycles. The van der Waals surface area contributed by atoms with Crippen molar-refractivity contribution in [3.8, 4) is 11.1 Å². The number of thiophene rings is 1. The Morgan fingerprint density at radius 2 is 1.72 bits per heavy atom. The van der Waals surface area contributed by atoms with E-state index >= 15 is 0 Å². The molecule has 1 saturated heterocycles. The minimum Gasteiger partial charge on any atom is -0.368 e. The number of rotatable bonds is 4. The predicted molar refractivity (Wildman–Crippen MR) is 129 cm³/mol. The molecule has 2 aromatic heterocycles. The van der Waals surface area contributed by atoms with Crippen molar-refractivity contribution in [2.75, 3.05) is 31.1 Å². The number of aromatic nitrogens is 2. The van der Waals surface area contributed by atoms with E-state index < -0.39 is 0 Å². The van der Waals surface area contributed by atoms with E-state index in [0.717, 1.165) is 24.2 Å². The normalized spacial score (nSPS) is 14.2. The summed E-state index contributed by atoms with van der Waals surface area (Å²) in [5.41, 5.74) is 4.04. The maximum Gasteiger partial charge on any atom is 0.263 e. The van der Waals surface area contributed by atoms with Gasteiger partial charge in [-0.3, -0.25) is 14.2 Å². The molecule has 0 N–H and O–H groups in total. The van der Waals surface area contributed by atoms with Crippen molar-refractivity contribution in [3.63, 3.8) is 0 Å². The Balaban J connectivity index is 1.34. The van der Waals surface area contributed by atoms with Gasteiger partial charge in [0.15, 0.2) is 0 Å². The van der Waals surface area contributed by atoms with Gasteiger partial charge in [0.05, 0.1) is 11.7 Å². The van der Waals surface area contributed by atoms with Crippen LogP contribution in [0.2, 0.25) is 0 Å². The van der Waals surface area contributed by atoms with Gasteiger partial charge in [-0.2, -0.15) is 0 Å². The number of nitrogens with zero attached hydrogens (tertiary/aromatic N) is 4. The van der Waals surface area contributed by atoms with Gasteiger partial charge in [0, 0.05) is 42.8 Å². The molecule has 32 heavy (non-hydrogen) atoms. The van der Waals surface area contributed by atoms with Crippen LogP contribution in [0.5, 0.6) is 0 Å². The zero-order valence-electron chi connectivity index (χ0n) is 17.9. The first kappa shape index (κ1) is 20.5. The Hall–Kier alpha value is -3.45. The van der Waals surface area contributed by atoms with Crippen LogP contribution in [0, 0.1) is 6.92 Å². The summed E-state index contributed by atoms with van der Waals surface area (Å²) in [6.07, 6.45) is 1.50. The van der Waals surface area contributed by atoms with Crippen LogP contribution in [-0.4, -0.2) is 46.5 Å². The van der Waals surface area contributed by atoms with E-state index in [1.54, 1.807) is 0 Å². The van der Waals surface area contributed by atoms with Crippen LogP contribution in [0.15, 0.2) is 71.1 Å². The number of carbonyl (C=O) groups excluding carboxylic acids is 1. The fourth-order valence-corrected chi connectivity index (χ4v) is 5.03. The SMILES string of the molecule is Cc1ccc(-c2csc3ncn(CC(=O)N4CCN(c5ccccc5)CC4)c(=O)c23)cc1. The van der Waals surface area contributed by atoms with Gasteiger partial charge in [-0.15, -0.1) is 11.3 Å². The molecule has 0 unspecified atom stereocenters. The van der Waals surface area contributed by atoms with E-state index in [1.165, 1.54) is 33.5 Å². The predicted octanol–water partition coefficient (Wildman–Crippen LogP) is 3.78. The molecule has 0 radical (unpaired) electrons. The highest BCUT2D eigenvalue weighted by molar-refractivity contribution is 7.17. The molecule has 1 aliphatic rings. The molecule has 1 aliphatic heterocycles. The molecule has 1 amide bonds. The van der Waals surface area contributed by atoms with Crippen LogP contribution in [0.25, 0.3) is 21.3 Å². The standard InChI is InChI=1S/C25H24N4O2S/c1-18-7-9-19(10-8-18)21-16-32-24-23(21)25(31)29(17-26-24)15-22(30)28-13-11-27(12-14-28)20-5-3-2-4-6-20/h2-10,16-17H,11-15H2,1H3. The van der Waals surface area contributed by atoms with Crippen molar-refractivity contribution in [2.45, 2.75) is 13.5 Å². The Labute approximate surface area is 190 Å². The summed E-state index contributed by atoms with van der Waals surface area (Å²) in [5.74, 6) is -0.0481. The number of para-hydroxylation sites is 1. The molecule has 0 spiro atoms. The largest absolute Gasteiger partial charge is 0.368 e. The summed E-state index contributed by atoms with van der Waals surface area (Å²) < 4.78 is 1.44. The number of carbonyl (C=O) groups is 1. The van der Waals surface area contributed by atoms with Gasteiger partial charge in [0.1, 0.15) is 11.4 Å². The van der Waals surface area contributed by atoms with Crippen LogP contribution in [0.1, 0.15) is 5.56 Å². The first-order chi connectivity index (χ1) is 15.6. The minimum atomic E-state index is -0.164. The lowest BCUT2D eigenvalue weighted by Crippen LogP contribution is -2.50. The second-order valence-electron chi connectivity index (χ2n) is 8.08. The van der Waals surface area contributed by atoms with E-state index in [0.29, 0.717) is 23.3 Å². The monoisotopic (exact) mass is 444 g/mol. The van der Waals surface area contributed by atoms with E-state index in [-0.39, 0.29) is 18.0 Å². The van der Waals surface area contributed by atoms with Gasteiger partial charge >= 0.3 is 0 Å². The number of fused-ring (bicyclic) bond motifs is 1. The van der Waals surface area contributed by atoms with E-state index in [9.17, 15) is 9.59 Å². The van der Waals surface area contributed by atoms with E-state index in [4.69, 9.17) is 0 Å². The lowest BCUT2D eigenvalue weighted by molar-refractivity contribution is -0.132. The molecular formula is C25H24N4O2S. The summed E-state index contributed by atoms with van der Waals surface area (Å²) >= 11 is 1.46. The molecule has 2 aromatic carbocycles.